The van der Waals surface area contributed by atoms with E-state index in [0.717, 1.165) is 12.3 Å². The van der Waals surface area contributed by atoms with Crippen LogP contribution < -0.4 is 10.1 Å². The smallest absolute Gasteiger partial charge is 0.319 e. The highest BCUT2D eigenvalue weighted by Crippen LogP contribution is 2.29. The van der Waals surface area contributed by atoms with Crippen LogP contribution in [0.15, 0.2) is 24.4 Å². The van der Waals surface area contributed by atoms with Gasteiger partial charge in [-0.2, -0.15) is 5.10 Å². The topological polar surface area (TPSA) is 153 Å². The van der Waals surface area contributed by atoms with E-state index in [9.17, 15) is 25.0 Å². The van der Waals surface area contributed by atoms with Crippen molar-refractivity contribution in [3.05, 3.63) is 50.3 Å². The van der Waals surface area contributed by atoms with Gasteiger partial charge in [-0.05, 0) is 12.1 Å². The Morgan fingerprint density at radius 1 is 1.27 bits per heavy atom. The third kappa shape index (κ3) is 2.82. The first-order chi connectivity index (χ1) is 10.4. The lowest BCUT2D eigenvalue weighted by Crippen LogP contribution is -2.15. The number of hydrogen-bond acceptors (Lipinski definition) is 7. The number of nitrogens with zero attached hydrogens (tertiary/aromatic N) is 3. The van der Waals surface area contributed by atoms with E-state index in [0.29, 0.717) is 0 Å². The first-order valence-corrected chi connectivity index (χ1v) is 5.75. The summed E-state index contributed by atoms with van der Waals surface area (Å²) in [5, 5.41) is 29.6. The van der Waals surface area contributed by atoms with Gasteiger partial charge in [0, 0.05) is 0 Å². The first kappa shape index (κ1) is 14.9. The molecule has 1 aromatic carbocycles. The van der Waals surface area contributed by atoms with Gasteiger partial charge in [0.15, 0.2) is 0 Å². The molecule has 1 heterocycles. The van der Waals surface area contributed by atoms with Crippen molar-refractivity contribution in [1.82, 2.24) is 10.2 Å². The molecule has 2 rings (SSSR count). The van der Waals surface area contributed by atoms with Crippen LogP contribution in [-0.2, 0) is 0 Å². The van der Waals surface area contributed by atoms with Crippen molar-refractivity contribution < 1.29 is 19.4 Å². The van der Waals surface area contributed by atoms with Gasteiger partial charge in [0.05, 0.1) is 23.0 Å². The normalized spacial score (nSPS) is 10.0. The number of methoxy groups -OCH3 is 1. The summed E-state index contributed by atoms with van der Waals surface area (Å²) in [6.45, 7) is 0. The zero-order valence-corrected chi connectivity index (χ0v) is 11.1. The van der Waals surface area contributed by atoms with Gasteiger partial charge < -0.3 is 10.1 Å². The average Bonchev–Trinajstić information content (AvgIpc) is 2.97. The number of rotatable bonds is 5. The summed E-state index contributed by atoms with van der Waals surface area (Å²) < 4.78 is 4.87. The number of benzene rings is 1. The maximum absolute atomic E-state index is 12.0. The highest BCUT2D eigenvalue weighted by atomic mass is 16.6. The minimum atomic E-state index is -0.919. The molecule has 0 saturated heterocycles. The van der Waals surface area contributed by atoms with Gasteiger partial charge in [0.25, 0.3) is 11.6 Å². The fourth-order valence-electron chi connectivity index (χ4n) is 1.67. The number of nitrogens with one attached hydrogen (secondary N) is 2. The molecule has 2 N–H and O–H groups in total. The molecule has 11 nitrogen and oxygen atoms in total. The fourth-order valence-corrected chi connectivity index (χ4v) is 1.67. The summed E-state index contributed by atoms with van der Waals surface area (Å²) in [6, 6.07) is 3.79. The maximum Gasteiger partial charge on any atom is 0.319 e. The second-order valence-corrected chi connectivity index (χ2v) is 3.98. The quantitative estimate of drug-likeness (QED) is 0.626. The van der Waals surface area contributed by atoms with Crippen LogP contribution in [0.2, 0.25) is 0 Å². The van der Waals surface area contributed by atoms with Gasteiger partial charge in [-0.1, -0.05) is 0 Å². The van der Waals surface area contributed by atoms with Crippen LogP contribution in [0.5, 0.6) is 5.75 Å². The fraction of sp³-hybridized carbons (Fsp3) is 0.0909. The molecule has 0 bridgehead atoms. The number of amides is 1. The number of carbonyl (C=O) groups is 1. The monoisotopic (exact) mass is 307 g/mol. The van der Waals surface area contributed by atoms with Crippen LogP contribution in [0, 0.1) is 20.2 Å². The molecule has 0 radical (unpaired) electrons. The number of anilines is 1. The Labute approximate surface area is 122 Å². The average molecular weight is 307 g/mol. The van der Waals surface area contributed by atoms with Gasteiger partial charge >= 0.3 is 5.69 Å². The molecule has 114 valence electrons. The molecule has 1 aromatic heterocycles. The predicted molar refractivity (Wildman–Crippen MR) is 72.8 cm³/mol. The zero-order chi connectivity index (χ0) is 16.3. The standard InChI is InChI=1S/C11H9N5O6/c1-22-6-2-3-7(8(4-6)15(18)19)13-11(17)10-9(16(20)21)5-12-14-10/h2-5H,1H3,(H,12,14)(H,13,17). The second-order valence-electron chi connectivity index (χ2n) is 3.98. The number of hydrogen-bond donors (Lipinski definition) is 2. The molecule has 11 heteroatoms. The Morgan fingerprint density at radius 3 is 2.55 bits per heavy atom. The second kappa shape index (κ2) is 5.87. The van der Waals surface area contributed by atoms with E-state index >= 15 is 0 Å². The van der Waals surface area contributed by atoms with Crippen LogP contribution in [0.1, 0.15) is 10.5 Å². The zero-order valence-electron chi connectivity index (χ0n) is 11.1. The van der Waals surface area contributed by atoms with Crippen LogP contribution >= 0.6 is 0 Å². The Bertz CT molecular complexity index is 755. The van der Waals surface area contributed by atoms with E-state index in [1.807, 2.05) is 0 Å². The highest BCUT2D eigenvalue weighted by molar-refractivity contribution is 6.06. The van der Waals surface area contributed by atoms with Crippen molar-refractivity contribution in [1.29, 1.82) is 0 Å². The van der Waals surface area contributed by atoms with Crippen molar-refractivity contribution in [3.8, 4) is 5.75 Å². The summed E-state index contributed by atoms with van der Waals surface area (Å²) >= 11 is 0. The van der Waals surface area contributed by atoms with Gasteiger partial charge in [-0.3, -0.25) is 30.1 Å². The molecule has 0 aliphatic carbocycles. The third-order valence-corrected chi connectivity index (χ3v) is 2.69. The molecule has 0 fully saturated rings. The lowest BCUT2D eigenvalue weighted by atomic mass is 10.2. The summed E-state index contributed by atoms with van der Waals surface area (Å²) in [7, 11) is 1.34. The molecule has 0 aliphatic rings. The number of carbonyl (C=O) groups excluding carboxylic acids is 1. The molecule has 0 saturated carbocycles. The Hall–Kier alpha value is -3.50. The van der Waals surface area contributed by atoms with Crippen LogP contribution in [-0.4, -0.2) is 33.1 Å². The molecule has 0 atom stereocenters. The number of H-pyrrole nitrogens is 1. The van der Waals surface area contributed by atoms with E-state index in [4.69, 9.17) is 4.74 Å². The molecule has 22 heavy (non-hydrogen) atoms. The minimum absolute atomic E-state index is 0.125. The lowest BCUT2D eigenvalue weighted by molar-refractivity contribution is -0.385. The Kier molecular flexibility index (Phi) is 3.97. The summed E-state index contributed by atoms with van der Waals surface area (Å²) in [6.07, 6.45) is 0.872. The molecule has 0 aliphatic heterocycles. The van der Waals surface area contributed by atoms with Crippen LogP contribution in [0.4, 0.5) is 17.1 Å². The first-order valence-electron chi connectivity index (χ1n) is 5.75. The summed E-state index contributed by atoms with van der Waals surface area (Å²) in [5.41, 5.74) is -1.47. The Morgan fingerprint density at radius 2 is 1.95 bits per heavy atom. The van der Waals surface area contributed by atoms with E-state index in [1.165, 1.54) is 19.2 Å². The van der Waals surface area contributed by atoms with Crippen LogP contribution in [0.3, 0.4) is 0 Å². The van der Waals surface area contributed by atoms with Crippen molar-refractivity contribution in [2.24, 2.45) is 0 Å². The number of nitro benzene ring substituents is 1. The van der Waals surface area contributed by atoms with Crippen molar-refractivity contribution >= 4 is 23.0 Å². The SMILES string of the molecule is COc1ccc(NC(=O)c2[nH]ncc2[N+](=O)[O-])c([N+](=O)[O-])c1. The molecule has 2 aromatic rings. The number of ether oxygens (including phenoxy) is 1. The molecular formula is C11H9N5O6. The molecule has 0 spiro atoms. The van der Waals surface area contributed by atoms with Gasteiger partial charge in [-0.25, -0.2) is 0 Å². The van der Waals surface area contributed by atoms with E-state index in [2.05, 4.69) is 15.5 Å². The minimum Gasteiger partial charge on any atom is -0.496 e. The van der Waals surface area contributed by atoms with Crippen LogP contribution in [0.25, 0.3) is 0 Å². The molecule has 0 unspecified atom stereocenters. The largest absolute Gasteiger partial charge is 0.496 e. The van der Waals surface area contributed by atoms with Crippen molar-refractivity contribution in [2.75, 3.05) is 12.4 Å². The number of nitro groups is 2. The summed E-state index contributed by atoms with van der Waals surface area (Å²) in [4.78, 5) is 32.2. The van der Waals surface area contributed by atoms with Gasteiger partial charge in [0.2, 0.25) is 5.69 Å². The predicted octanol–water partition coefficient (Wildman–Crippen LogP) is 1.49. The lowest BCUT2D eigenvalue weighted by Gasteiger charge is -2.06. The van der Waals surface area contributed by atoms with Gasteiger partial charge in [0.1, 0.15) is 17.6 Å². The van der Waals surface area contributed by atoms with Crippen molar-refractivity contribution in [3.63, 3.8) is 0 Å². The van der Waals surface area contributed by atoms with Crippen molar-refractivity contribution in [2.45, 2.75) is 0 Å². The number of aromatic amines is 1. The molecular weight excluding hydrogens is 298 g/mol. The molecule has 1 amide bonds. The van der Waals surface area contributed by atoms with E-state index < -0.39 is 32.8 Å². The van der Waals surface area contributed by atoms with E-state index in [-0.39, 0.29) is 11.4 Å². The Balaban J connectivity index is 2.34. The van der Waals surface area contributed by atoms with Gasteiger partial charge in [-0.15, -0.1) is 0 Å². The summed E-state index contributed by atoms with van der Waals surface area (Å²) in [5.74, 6) is -0.685. The van der Waals surface area contributed by atoms with E-state index in [1.54, 1.807) is 0 Å². The third-order valence-electron chi connectivity index (χ3n) is 2.69. The highest BCUT2D eigenvalue weighted by Gasteiger charge is 2.25. The number of aromatic nitrogens is 2. The maximum atomic E-state index is 12.0.